The molecule has 2 unspecified atom stereocenters. The van der Waals surface area contributed by atoms with E-state index < -0.39 is 10.4 Å². The van der Waals surface area contributed by atoms with Gasteiger partial charge in [-0.1, -0.05) is 90.9 Å². The van der Waals surface area contributed by atoms with Crippen LogP contribution in [0.5, 0.6) is 0 Å². The van der Waals surface area contributed by atoms with Crippen molar-refractivity contribution in [2.24, 2.45) is 0 Å². The van der Waals surface area contributed by atoms with Crippen molar-refractivity contribution in [3.8, 4) is 0 Å². The van der Waals surface area contributed by atoms with Gasteiger partial charge in [0, 0.05) is 10.4 Å². The first kappa shape index (κ1) is 37.3. The van der Waals surface area contributed by atoms with E-state index in [0.29, 0.717) is 0 Å². The van der Waals surface area contributed by atoms with Gasteiger partial charge in [0.2, 0.25) is 0 Å². The number of rotatable bonds is 20. The standard InChI is InChI=1S/2C13H29N.H2O4S/c2*1-4-6-7-8-9-10-11-12-13-14(3)5-2;1-5(2,3)4/h2*4-13H2,1-3H3;(H2,1,2,3,4). The highest BCUT2D eigenvalue weighted by molar-refractivity contribution is 7.79. The second kappa shape index (κ2) is 29.8. The minimum Gasteiger partial charge on any atom is -0.759 e. The molecule has 7 heteroatoms. The van der Waals surface area contributed by atoms with Crippen molar-refractivity contribution >= 4 is 10.4 Å². The maximum Gasteiger partial charge on any atom is 0.0768 e. The van der Waals surface area contributed by atoms with Gasteiger partial charge in [-0.2, -0.15) is 0 Å². The molecule has 0 aliphatic heterocycles. The van der Waals surface area contributed by atoms with Gasteiger partial charge >= 0.3 is 0 Å². The summed E-state index contributed by atoms with van der Waals surface area (Å²) >= 11 is 0. The zero-order chi connectivity index (χ0) is 25.8. The molecule has 0 aliphatic rings. The largest absolute Gasteiger partial charge is 0.759 e. The SMILES string of the molecule is CCCCCCCCCC[NH+](C)CC.CCCCCCCCCC[NH+](C)CC.O=S(=O)([O-])[O-]. The molecular weight excluding hydrogens is 436 g/mol. The Morgan fingerprint density at radius 1 is 0.485 bits per heavy atom. The summed E-state index contributed by atoms with van der Waals surface area (Å²) in [5, 5.41) is 0. The van der Waals surface area contributed by atoms with Gasteiger partial charge in [-0.25, -0.2) is 0 Å². The second-order valence-corrected chi connectivity index (χ2v) is 10.3. The van der Waals surface area contributed by atoms with Crippen LogP contribution in [-0.4, -0.2) is 57.8 Å². The summed E-state index contributed by atoms with van der Waals surface area (Å²) in [6.07, 6.45) is 23.0. The number of hydrogen-bond donors (Lipinski definition) is 2. The second-order valence-electron chi connectivity index (χ2n) is 9.48. The van der Waals surface area contributed by atoms with E-state index in [1.54, 1.807) is 9.80 Å². The van der Waals surface area contributed by atoms with Crippen molar-refractivity contribution < 1.29 is 27.3 Å². The predicted octanol–water partition coefficient (Wildman–Crippen LogP) is 3.99. The predicted molar refractivity (Wildman–Crippen MR) is 140 cm³/mol. The van der Waals surface area contributed by atoms with E-state index in [2.05, 4.69) is 41.8 Å². The van der Waals surface area contributed by atoms with Crippen LogP contribution in [0.4, 0.5) is 0 Å². The number of hydrogen-bond acceptors (Lipinski definition) is 4. The Labute approximate surface area is 208 Å². The van der Waals surface area contributed by atoms with E-state index in [9.17, 15) is 0 Å². The maximum absolute atomic E-state index is 8.52. The first-order valence-corrected chi connectivity index (χ1v) is 15.2. The summed E-state index contributed by atoms with van der Waals surface area (Å²) in [7, 11) is -0.581. The third-order valence-electron chi connectivity index (χ3n) is 6.12. The third-order valence-corrected chi connectivity index (χ3v) is 6.12. The van der Waals surface area contributed by atoms with Crippen molar-refractivity contribution in [3.05, 3.63) is 0 Å². The molecule has 0 amide bonds. The third kappa shape index (κ3) is 49.8. The van der Waals surface area contributed by atoms with E-state index in [0.717, 1.165) is 0 Å². The van der Waals surface area contributed by atoms with Crippen molar-refractivity contribution in [2.45, 2.75) is 130 Å². The fourth-order valence-electron chi connectivity index (χ4n) is 3.47. The first-order chi connectivity index (χ1) is 15.6. The molecule has 0 fully saturated rings. The van der Waals surface area contributed by atoms with Gasteiger partial charge in [-0.15, -0.1) is 0 Å². The zero-order valence-corrected chi connectivity index (χ0v) is 24.0. The van der Waals surface area contributed by atoms with Crippen LogP contribution in [0.1, 0.15) is 130 Å². The molecule has 0 bridgehead atoms. The van der Waals surface area contributed by atoms with E-state index in [-0.39, 0.29) is 0 Å². The Bertz CT molecular complexity index is 414. The van der Waals surface area contributed by atoms with Gasteiger partial charge in [-0.05, 0) is 39.5 Å². The molecule has 33 heavy (non-hydrogen) atoms. The summed E-state index contributed by atoms with van der Waals surface area (Å²) in [6, 6.07) is 0. The van der Waals surface area contributed by atoms with Crippen LogP contribution in [0.2, 0.25) is 0 Å². The van der Waals surface area contributed by atoms with Crippen LogP contribution in [-0.2, 0) is 10.4 Å². The lowest BCUT2D eigenvalue weighted by atomic mass is 10.1. The lowest BCUT2D eigenvalue weighted by molar-refractivity contribution is -0.877. The Morgan fingerprint density at radius 2 is 0.697 bits per heavy atom. The van der Waals surface area contributed by atoms with Crippen LogP contribution in [0, 0.1) is 0 Å². The van der Waals surface area contributed by atoms with E-state index in [1.807, 2.05) is 0 Å². The molecule has 204 valence electrons. The highest BCUT2D eigenvalue weighted by atomic mass is 32.3. The lowest BCUT2D eigenvalue weighted by Gasteiger charge is -2.10. The van der Waals surface area contributed by atoms with Crippen LogP contribution in [0.15, 0.2) is 0 Å². The van der Waals surface area contributed by atoms with Gasteiger partial charge in [0.05, 0.1) is 40.3 Å². The molecule has 0 aromatic rings. The highest BCUT2D eigenvalue weighted by Gasteiger charge is 1.98. The minimum atomic E-state index is -5.17. The molecule has 0 radical (unpaired) electrons. The van der Waals surface area contributed by atoms with Gasteiger partial charge in [0.1, 0.15) is 0 Å². The van der Waals surface area contributed by atoms with E-state index in [4.69, 9.17) is 17.5 Å². The van der Waals surface area contributed by atoms with E-state index in [1.165, 1.54) is 129 Å². The molecule has 0 heterocycles. The maximum atomic E-state index is 8.52. The van der Waals surface area contributed by atoms with Gasteiger partial charge < -0.3 is 18.9 Å². The van der Waals surface area contributed by atoms with E-state index >= 15 is 0 Å². The molecule has 0 spiro atoms. The topological polar surface area (TPSA) is 89.1 Å². The van der Waals surface area contributed by atoms with Crippen LogP contribution in [0.25, 0.3) is 0 Å². The summed E-state index contributed by atoms with van der Waals surface area (Å²) in [4.78, 5) is 3.35. The van der Waals surface area contributed by atoms with Gasteiger partial charge in [0.25, 0.3) is 0 Å². The van der Waals surface area contributed by atoms with Gasteiger partial charge in [0.15, 0.2) is 0 Å². The Kier molecular flexibility index (Phi) is 33.7. The molecule has 0 aliphatic carbocycles. The Balaban J connectivity index is -0.000000453. The molecule has 6 nitrogen and oxygen atoms in total. The van der Waals surface area contributed by atoms with Crippen LogP contribution >= 0.6 is 0 Å². The van der Waals surface area contributed by atoms with Crippen molar-refractivity contribution in [3.63, 3.8) is 0 Å². The molecule has 2 N–H and O–H groups in total. The van der Waals surface area contributed by atoms with Crippen molar-refractivity contribution in [2.75, 3.05) is 40.3 Å². The molecule has 2 atom stereocenters. The van der Waals surface area contributed by atoms with Crippen LogP contribution in [0.3, 0.4) is 0 Å². The fraction of sp³-hybridized carbons (Fsp3) is 1.00. The smallest absolute Gasteiger partial charge is 0.0768 e. The molecule has 0 saturated carbocycles. The highest BCUT2D eigenvalue weighted by Crippen LogP contribution is 2.08. The zero-order valence-electron chi connectivity index (χ0n) is 23.2. The lowest BCUT2D eigenvalue weighted by Crippen LogP contribution is -3.08. The van der Waals surface area contributed by atoms with Crippen molar-refractivity contribution in [1.82, 2.24) is 0 Å². The molecule has 0 rings (SSSR count). The summed E-state index contributed by atoms with van der Waals surface area (Å²) in [6.45, 7) is 14.4. The summed E-state index contributed by atoms with van der Waals surface area (Å²) in [5.74, 6) is 0. The van der Waals surface area contributed by atoms with Crippen molar-refractivity contribution in [1.29, 1.82) is 0 Å². The first-order valence-electron chi connectivity index (χ1n) is 13.9. The van der Waals surface area contributed by atoms with Crippen LogP contribution < -0.4 is 9.80 Å². The quantitative estimate of drug-likeness (QED) is 0.152. The average Bonchev–Trinajstić information content (AvgIpc) is 2.76. The summed E-state index contributed by atoms with van der Waals surface area (Å²) in [5.41, 5.74) is 0. The molecule has 0 aromatic carbocycles. The summed E-state index contributed by atoms with van der Waals surface area (Å²) < 4.78 is 34.1. The molecule has 0 saturated heterocycles. The number of unbranched alkanes of at least 4 members (excludes halogenated alkanes) is 14. The number of quaternary nitrogens is 2. The average molecular weight is 497 g/mol. The monoisotopic (exact) mass is 496 g/mol. The van der Waals surface area contributed by atoms with Gasteiger partial charge in [-0.3, -0.25) is 8.42 Å². The Morgan fingerprint density at radius 3 is 0.909 bits per heavy atom. The fourth-order valence-corrected chi connectivity index (χ4v) is 3.47. The Hall–Kier alpha value is -0.210. The molecular formula is C26H60N2O4S. The normalized spacial score (nSPS) is 12.8. The molecule has 0 aromatic heterocycles. The minimum absolute atomic E-state index is 1.27. The number of nitrogens with one attached hydrogen (secondary N) is 2.